The predicted octanol–water partition coefficient (Wildman–Crippen LogP) is 4.39. The molecule has 2 aromatic carbocycles. The van der Waals surface area contributed by atoms with Crippen molar-refractivity contribution in [3.63, 3.8) is 0 Å². The second-order valence-corrected chi connectivity index (χ2v) is 4.83. The van der Waals surface area contributed by atoms with E-state index in [1.807, 2.05) is 0 Å². The van der Waals surface area contributed by atoms with Crippen LogP contribution in [-0.4, -0.2) is 12.0 Å². The third-order valence-electron chi connectivity index (χ3n) is 3.16. The number of carbonyl (C=O) groups excluding carboxylic acids is 1. The topological polar surface area (TPSA) is 38.7 Å². The van der Waals surface area contributed by atoms with E-state index in [1.165, 1.54) is 19.1 Å². The Labute approximate surface area is 131 Å². The van der Waals surface area contributed by atoms with E-state index in [2.05, 4.69) is 5.16 Å². The van der Waals surface area contributed by atoms with Gasteiger partial charge in [-0.3, -0.25) is 4.79 Å². The summed E-state index contributed by atoms with van der Waals surface area (Å²) < 4.78 is 38.1. The fourth-order valence-electron chi connectivity index (χ4n) is 1.92. The molecule has 0 radical (unpaired) electrons. The van der Waals surface area contributed by atoms with Gasteiger partial charge >= 0.3 is 6.18 Å². The van der Waals surface area contributed by atoms with Crippen molar-refractivity contribution >= 4 is 12.0 Å². The van der Waals surface area contributed by atoms with E-state index in [1.54, 1.807) is 30.3 Å². The highest BCUT2D eigenvalue weighted by Crippen LogP contribution is 2.29. The van der Waals surface area contributed by atoms with Crippen LogP contribution in [0.5, 0.6) is 0 Å². The molecule has 0 saturated heterocycles. The van der Waals surface area contributed by atoms with Crippen LogP contribution in [0.3, 0.4) is 0 Å². The number of nitrogens with zero attached hydrogens (tertiary/aromatic N) is 1. The zero-order valence-electron chi connectivity index (χ0n) is 12.2. The summed E-state index contributed by atoms with van der Waals surface area (Å²) in [5.74, 6) is 0. The maximum absolute atomic E-state index is 12.7. The van der Waals surface area contributed by atoms with Gasteiger partial charge in [-0.1, -0.05) is 47.6 Å². The van der Waals surface area contributed by atoms with Gasteiger partial charge in [0.2, 0.25) is 6.10 Å². The van der Waals surface area contributed by atoms with Crippen LogP contribution in [0.15, 0.2) is 59.8 Å². The van der Waals surface area contributed by atoms with Crippen LogP contribution in [0, 0.1) is 0 Å². The Kier molecular flexibility index (Phi) is 5.16. The number of oxime groups is 1. The zero-order valence-corrected chi connectivity index (χ0v) is 12.2. The molecule has 120 valence electrons. The fraction of sp³-hybridized carbons (Fsp3) is 0.176. The number of hydrogen-bond donors (Lipinski definition) is 0. The van der Waals surface area contributed by atoms with Gasteiger partial charge in [-0.25, -0.2) is 0 Å². The van der Waals surface area contributed by atoms with Gasteiger partial charge in [0.05, 0.1) is 11.3 Å². The first-order valence-electron chi connectivity index (χ1n) is 6.80. The van der Waals surface area contributed by atoms with Gasteiger partial charge in [-0.05, 0) is 24.6 Å². The largest absolute Gasteiger partial charge is 0.416 e. The van der Waals surface area contributed by atoms with Gasteiger partial charge in [0.15, 0.2) is 6.29 Å². The van der Waals surface area contributed by atoms with Crippen LogP contribution < -0.4 is 0 Å². The van der Waals surface area contributed by atoms with Crippen molar-refractivity contribution in [2.24, 2.45) is 5.16 Å². The number of halogens is 3. The first kappa shape index (κ1) is 16.7. The highest BCUT2D eigenvalue weighted by atomic mass is 19.4. The first-order valence-corrected chi connectivity index (χ1v) is 6.80. The van der Waals surface area contributed by atoms with Crippen molar-refractivity contribution in [3.8, 4) is 0 Å². The third-order valence-corrected chi connectivity index (χ3v) is 3.16. The molecule has 2 rings (SSSR count). The molecule has 0 aromatic heterocycles. The fourth-order valence-corrected chi connectivity index (χ4v) is 1.92. The van der Waals surface area contributed by atoms with Crippen molar-refractivity contribution in [2.75, 3.05) is 0 Å². The lowest BCUT2D eigenvalue weighted by Crippen LogP contribution is -2.08. The lowest BCUT2D eigenvalue weighted by atomic mass is 10.1. The van der Waals surface area contributed by atoms with Gasteiger partial charge in [0.1, 0.15) is 0 Å². The van der Waals surface area contributed by atoms with Gasteiger partial charge in [-0.15, -0.1) is 0 Å². The molecule has 0 aliphatic heterocycles. The molecule has 0 amide bonds. The summed E-state index contributed by atoms with van der Waals surface area (Å²) in [6, 6.07) is 13.5. The lowest BCUT2D eigenvalue weighted by molar-refractivity contribution is -0.137. The Morgan fingerprint density at radius 3 is 2.43 bits per heavy atom. The summed E-state index contributed by atoms with van der Waals surface area (Å²) >= 11 is 0. The second kappa shape index (κ2) is 7.09. The lowest BCUT2D eigenvalue weighted by Gasteiger charge is -2.11. The summed E-state index contributed by atoms with van der Waals surface area (Å²) in [4.78, 5) is 16.3. The van der Waals surface area contributed by atoms with Crippen LogP contribution in [0.25, 0.3) is 0 Å². The Morgan fingerprint density at radius 2 is 1.83 bits per heavy atom. The van der Waals surface area contributed by atoms with Gasteiger partial charge < -0.3 is 4.84 Å². The van der Waals surface area contributed by atoms with E-state index in [4.69, 9.17) is 4.84 Å². The quantitative estimate of drug-likeness (QED) is 0.465. The summed E-state index contributed by atoms with van der Waals surface area (Å²) in [6.45, 7) is 1.52. The van der Waals surface area contributed by atoms with E-state index in [-0.39, 0.29) is 11.3 Å². The van der Waals surface area contributed by atoms with E-state index in [0.29, 0.717) is 11.8 Å². The molecule has 0 heterocycles. The standard InChI is InChI=1S/C17H14F3NO2/c1-12(14-8-5-9-15(10-14)17(18,19)20)21-23-16(11-22)13-6-3-2-4-7-13/h2-11,16H,1H3. The first-order chi connectivity index (χ1) is 10.9. The number of carbonyl (C=O) groups is 1. The Bertz CT molecular complexity index is 696. The molecule has 6 heteroatoms. The minimum atomic E-state index is -4.42. The van der Waals surface area contributed by atoms with Gasteiger partial charge in [0, 0.05) is 5.56 Å². The molecular formula is C17H14F3NO2. The molecule has 0 N–H and O–H groups in total. The monoisotopic (exact) mass is 321 g/mol. The molecular weight excluding hydrogens is 307 g/mol. The molecule has 0 saturated carbocycles. The SMILES string of the molecule is CC(=NOC(C=O)c1ccccc1)c1cccc(C(F)(F)F)c1. The van der Waals surface area contributed by atoms with Crippen LogP contribution in [0.2, 0.25) is 0 Å². The zero-order chi connectivity index (χ0) is 16.9. The molecule has 1 atom stereocenters. The van der Waals surface area contributed by atoms with Crippen molar-refractivity contribution in [2.45, 2.75) is 19.2 Å². The molecule has 0 aliphatic carbocycles. The summed E-state index contributed by atoms with van der Waals surface area (Å²) in [6.07, 6.45) is -4.75. The maximum atomic E-state index is 12.7. The number of aldehydes is 1. The number of hydrogen-bond acceptors (Lipinski definition) is 3. The second-order valence-electron chi connectivity index (χ2n) is 4.83. The molecule has 2 aromatic rings. The minimum absolute atomic E-state index is 0.249. The van der Waals surface area contributed by atoms with Gasteiger partial charge in [0.25, 0.3) is 0 Å². The van der Waals surface area contributed by atoms with Crippen LogP contribution >= 0.6 is 0 Å². The molecule has 0 fully saturated rings. The number of benzene rings is 2. The molecule has 0 bridgehead atoms. The molecule has 0 aliphatic rings. The van der Waals surface area contributed by atoms with Gasteiger partial charge in [-0.2, -0.15) is 13.2 Å². The van der Waals surface area contributed by atoms with Crippen LogP contribution in [-0.2, 0) is 15.8 Å². The summed E-state index contributed by atoms with van der Waals surface area (Å²) in [5, 5.41) is 3.78. The van der Waals surface area contributed by atoms with Crippen LogP contribution in [0.4, 0.5) is 13.2 Å². The Balaban J connectivity index is 2.18. The third kappa shape index (κ3) is 4.42. The van der Waals surface area contributed by atoms with Crippen LogP contribution in [0.1, 0.15) is 29.7 Å². The highest BCUT2D eigenvalue weighted by Gasteiger charge is 2.30. The average Bonchev–Trinajstić information content (AvgIpc) is 2.55. The molecule has 1 unspecified atom stereocenters. The van der Waals surface area contributed by atoms with E-state index < -0.39 is 17.8 Å². The number of alkyl halides is 3. The summed E-state index contributed by atoms with van der Waals surface area (Å²) in [7, 11) is 0. The summed E-state index contributed by atoms with van der Waals surface area (Å²) in [5.41, 5.74) is 0.374. The minimum Gasteiger partial charge on any atom is -0.380 e. The molecule has 3 nitrogen and oxygen atoms in total. The predicted molar refractivity (Wildman–Crippen MR) is 80.0 cm³/mol. The van der Waals surface area contributed by atoms with Crippen molar-refractivity contribution in [1.82, 2.24) is 0 Å². The van der Waals surface area contributed by atoms with Crippen molar-refractivity contribution in [3.05, 3.63) is 71.3 Å². The van der Waals surface area contributed by atoms with E-state index in [9.17, 15) is 18.0 Å². The smallest absolute Gasteiger partial charge is 0.380 e. The van der Waals surface area contributed by atoms with Crippen molar-refractivity contribution in [1.29, 1.82) is 0 Å². The maximum Gasteiger partial charge on any atom is 0.416 e. The van der Waals surface area contributed by atoms with E-state index >= 15 is 0 Å². The molecule has 23 heavy (non-hydrogen) atoms. The number of rotatable bonds is 5. The van der Waals surface area contributed by atoms with E-state index in [0.717, 1.165) is 12.1 Å². The molecule has 0 spiro atoms. The Hall–Kier alpha value is -2.63. The average molecular weight is 321 g/mol. The van der Waals surface area contributed by atoms with Crippen molar-refractivity contribution < 1.29 is 22.8 Å². The Morgan fingerprint density at radius 1 is 1.13 bits per heavy atom. The normalized spacial score (nSPS) is 13.5. The highest BCUT2D eigenvalue weighted by molar-refractivity contribution is 5.98.